The molecular weight excluding hydrogens is 228 g/mol. The number of nitrogens with zero attached hydrogens (tertiary/aromatic N) is 2. The van der Waals surface area contributed by atoms with Gasteiger partial charge in [0.2, 0.25) is 0 Å². The molecule has 0 saturated carbocycles. The van der Waals surface area contributed by atoms with Crippen LogP contribution in [0.15, 0.2) is 0 Å². The minimum absolute atomic E-state index is 0.209. The molecule has 0 unspecified atom stereocenters. The Morgan fingerprint density at radius 3 is 2.69 bits per heavy atom. The van der Waals surface area contributed by atoms with E-state index in [1.54, 1.807) is 7.11 Å². The van der Waals surface area contributed by atoms with Crippen molar-refractivity contribution in [1.29, 1.82) is 0 Å². The van der Waals surface area contributed by atoms with Gasteiger partial charge in [-0.1, -0.05) is 25.4 Å². The molecule has 0 amide bonds. The first kappa shape index (κ1) is 13.0. The minimum Gasteiger partial charge on any atom is -0.393 e. The van der Waals surface area contributed by atoms with Crippen LogP contribution in [0.2, 0.25) is 5.15 Å². The molecule has 0 aliphatic heterocycles. The first-order valence-electron chi connectivity index (χ1n) is 5.12. The molecule has 0 bridgehead atoms. The van der Waals surface area contributed by atoms with E-state index in [0.717, 1.165) is 0 Å². The average molecular weight is 245 g/mol. The fraction of sp³-hybridized carbons (Fsp3) is 0.600. The van der Waals surface area contributed by atoms with Gasteiger partial charge in [0.1, 0.15) is 11.5 Å². The van der Waals surface area contributed by atoms with Crippen LogP contribution >= 0.6 is 11.6 Å². The molecule has 5 nitrogen and oxygen atoms in total. The lowest BCUT2D eigenvalue weighted by molar-refractivity contribution is 0.210. The molecule has 0 aliphatic rings. The molecule has 3 N–H and O–H groups in total. The molecule has 1 aromatic rings. The summed E-state index contributed by atoms with van der Waals surface area (Å²) in [7, 11) is 1.64. The second kappa shape index (κ2) is 5.86. The van der Waals surface area contributed by atoms with E-state index in [1.807, 2.05) is 13.8 Å². The van der Waals surface area contributed by atoms with E-state index in [0.29, 0.717) is 35.6 Å². The molecule has 0 atom stereocenters. The monoisotopic (exact) mass is 244 g/mol. The highest BCUT2D eigenvalue weighted by Gasteiger charge is 2.11. The molecule has 1 aromatic heterocycles. The van der Waals surface area contributed by atoms with Gasteiger partial charge >= 0.3 is 0 Å². The van der Waals surface area contributed by atoms with Crippen LogP contribution in [0.25, 0.3) is 0 Å². The number of nitrogens with two attached hydrogens (primary N) is 1. The number of aromatic nitrogens is 2. The Kier molecular flexibility index (Phi) is 4.76. The standard InChI is InChI=1S/C10H17ClN4O/c1-6(2)9-14-8(11)7(12)10(15-9)13-4-5-16-3/h6H,4-5,12H2,1-3H3,(H,13,14,15). The number of nitrogens with one attached hydrogen (secondary N) is 1. The number of rotatable bonds is 5. The topological polar surface area (TPSA) is 73.1 Å². The third-order valence-corrected chi connectivity index (χ3v) is 2.32. The first-order chi connectivity index (χ1) is 7.56. The minimum atomic E-state index is 0.209. The van der Waals surface area contributed by atoms with Crippen LogP contribution in [0.5, 0.6) is 0 Å². The Balaban J connectivity index is 2.88. The second-order valence-corrected chi connectivity index (χ2v) is 4.07. The molecule has 16 heavy (non-hydrogen) atoms. The maximum Gasteiger partial charge on any atom is 0.157 e. The van der Waals surface area contributed by atoms with Gasteiger partial charge < -0.3 is 15.8 Å². The first-order valence-corrected chi connectivity index (χ1v) is 5.49. The van der Waals surface area contributed by atoms with Gasteiger partial charge in [0.05, 0.1) is 6.61 Å². The maximum absolute atomic E-state index is 5.93. The Labute approximate surface area is 100 Å². The Bertz CT molecular complexity index is 357. The number of hydrogen-bond acceptors (Lipinski definition) is 5. The summed E-state index contributed by atoms with van der Waals surface area (Å²) in [5.74, 6) is 1.46. The molecule has 0 radical (unpaired) electrons. The van der Waals surface area contributed by atoms with Crippen LogP contribution in [0.1, 0.15) is 25.6 Å². The van der Waals surface area contributed by atoms with Crippen LogP contribution in [0.4, 0.5) is 11.5 Å². The van der Waals surface area contributed by atoms with Crippen LogP contribution in [-0.4, -0.2) is 30.2 Å². The smallest absolute Gasteiger partial charge is 0.157 e. The largest absolute Gasteiger partial charge is 0.393 e. The van der Waals surface area contributed by atoms with Gasteiger partial charge in [-0.2, -0.15) is 0 Å². The SMILES string of the molecule is COCCNc1nc(C(C)C)nc(Cl)c1N. The predicted octanol–water partition coefficient (Wildman–Crippen LogP) is 1.89. The number of anilines is 2. The Morgan fingerprint density at radius 2 is 2.12 bits per heavy atom. The molecule has 0 aromatic carbocycles. The van der Waals surface area contributed by atoms with Gasteiger partial charge in [0, 0.05) is 19.6 Å². The van der Waals surface area contributed by atoms with Gasteiger partial charge in [0.25, 0.3) is 0 Å². The van der Waals surface area contributed by atoms with Gasteiger partial charge in [-0.05, 0) is 0 Å². The van der Waals surface area contributed by atoms with Crippen molar-refractivity contribution in [3.63, 3.8) is 0 Å². The number of ether oxygens (including phenoxy) is 1. The summed E-state index contributed by atoms with van der Waals surface area (Å²) in [5.41, 5.74) is 6.15. The van der Waals surface area contributed by atoms with Crippen molar-refractivity contribution in [2.24, 2.45) is 0 Å². The lowest BCUT2D eigenvalue weighted by atomic mass is 10.2. The van der Waals surface area contributed by atoms with E-state index in [4.69, 9.17) is 22.1 Å². The van der Waals surface area contributed by atoms with Crippen molar-refractivity contribution in [3.8, 4) is 0 Å². The zero-order valence-electron chi connectivity index (χ0n) is 9.75. The molecule has 6 heteroatoms. The fourth-order valence-corrected chi connectivity index (χ4v) is 1.30. The summed E-state index contributed by atoms with van der Waals surface area (Å²) in [6.45, 7) is 5.21. The van der Waals surface area contributed by atoms with Crippen molar-refractivity contribution >= 4 is 23.1 Å². The van der Waals surface area contributed by atoms with E-state index in [9.17, 15) is 0 Å². The average Bonchev–Trinajstić information content (AvgIpc) is 2.24. The molecule has 0 spiro atoms. The molecule has 0 aliphatic carbocycles. The highest BCUT2D eigenvalue weighted by molar-refractivity contribution is 6.32. The second-order valence-electron chi connectivity index (χ2n) is 3.71. The molecule has 0 saturated heterocycles. The van der Waals surface area contributed by atoms with E-state index in [2.05, 4.69) is 15.3 Å². The number of halogens is 1. The molecule has 1 heterocycles. The highest BCUT2D eigenvalue weighted by atomic mass is 35.5. The Morgan fingerprint density at radius 1 is 1.44 bits per heavy atom. The zero-order chi connectivity index (χ0) is 12.1. The van der Waals surface area contributed by atoms with Crippen molar-refractivity contribution in [2.75, 3.05) is 31.3 Å². The van der Waals surface area contributed by atoms with Crippen molar-refractivity contribution in [2.45, 2.75) is 19.8 Å². The third kappa shape index (κ3) is 3.21. The molecule has 90 valence electrons. The van der Waals surface area contributed by atoms with Crippen LogP contribution in [0, 0.1) is 0 Å². The quantitative estimate of drug-likeness (QED) is 0.611. The summed E-state index contributed by atoms with van der Waals surface area (Å²) in [5, 5.41) is 3.35. The summed E-state index contributed by atoms with van der Waals surface area (Å²) in [6.07, 6.45) is 0. The third-order valence-electron chi connectivity index (χ3n) is 2.03. The lowest BCUT2D eigenvalue weighted by Crippen LogP contribution is -2.13. The summed E-state index contributed by atoms with van der Waals surface area (Å²) < 4.78 is 4.93. The van der Waals surface area contributed by atoms with Crippen LogP contribution in [-0.2, 0) is 4.74 Å². The number of nitrogen functional groups attached to an aromatic ring is 1. The van der Waals surface area contributed by atoms with Crippen molar-refractivity contribution in [1.82, 2.24) is 9.97 Å². The predicted molar refractivity (Wildman–Crippen MR) is 65.9 cm³/mol. The van der Waals surface area contributed by atoms with Crippen LogP contribution in [0.3, 0.4) is 0 Å². The van der Waals surface area contributed by atoms with Crippen molar-refractivity contribution < 1.29 is 4.74 Å². The maximum atomic E-state index is 5.93. The number of methoxy groups -OCH3 is 1. The summed E-state index contributed by atoms with van der Waals surface area (Å²) >= 11 is 5.93. The molecule has 0 fully saturated rings. The normalized spacial score (nSPS) is 10.8. The lowest BCUT2D eigenvalue weighted by Gasteiger charge is -2.12. The van der Waals surface area contributed by atoms with E-state index < -0.39 is 0 Å². The Hall–Kier alpha value is -1.07. The fourth-order valence-electron chi connectivity index (χ4n) is 1.12. The highest BCUT2D eigenvalue weighted by Crippen LogP contribution is 2.25. The molecule has 1 rings (SSSR count). The zero-order valence-corrected chi connectivity index (χ0v) is 10.5. The van der Waals surface area contributed by atoms with Crippen molar-refractivity contribution in [3.05, 3.63) is 11.0 Å². The van der Waals surface area contributed by atoms with Gasteiger partial charge in [-0.3, -0.25) is 0 Å². The van der Waals surface area contributed by atoms with Gasteiger partial charge in [0.15, 0.2) is 11.0 Å². The summed E-state index contributed by atoms with van der Waals surface area (Å²) in [4.78, 5) is 8.44. The van der Waals surface area contributed by atoms with E-state index >= 15 is 0 Å². The van der Waals surface area contributed by atoms with Gasteiger partial charge in [-0.25, -0.2) is 9.97 Å². The van der Waals surface area contributed by atoms with Crippen LogP contribution < -0.4 is 11.1 Å². The summed E-state index contributed by atoms with van der Waals surface area (Å²) in [6, 6.07) is 0. The van der Waals surface area contributed by atoms with E-state index in [1.165, 1.54) is 0 Å². The van der Waals surface area contributed by atoms with E-state index in [-0.39, 0.29) is 5.92 Å². The molecular formula is C10H17ClN4O. The van der Waals surface area contributed by atoms with Gasteiger partial charge in [-0.15, -0.1) is 0 Å². The number of hydrogen-bond donors (Lipinski definition) is 2.